The molecule has 0 bridgehead atoms. The molecule has 0 atom stereocenters. The highest BCUT2D eigenvalue weighted by Crippen LogP contribution is 2.40. The summed E-state index contributed by atoms with van der Waals surface area (Å²) in [7, 11) is 0. The van der Waals surface area contributed by atoms with Crippen LogP contribution in [-0.2, 0) is 0 Å². The molecule has 2 N–H and O–H groups in total. The first-order valence-corrected chi connectivity index (χ1v) is 15.9. The van der Waals surface area contributed by atoms with Crippen molar-refractivity contribution < 1.29 is 8.83 Å². The Morgan fingerprint density at radius 2 is 1.19 bits per heavy atom. The van der Waals surface area contributed by atoms with Gasteiger partial charge in [0.25, 0.3) is 0 Å². The Morgan fingerprint density at radius 1 is 0.521 bits per heavy atom. The molecule has 3 heterocycles. The second kappa shape index (κ2) is 11.1. The number of rotatable bonds is 5. The lowest BCUT2D eigenvalue weighted by atomic mass is 9.95. The molecular weight excluding hydrogens is 592 g/mol. The zero-order valence-electron chi connectivity index (χ0n) is 26.0. The van der Waals surface area contributed by atoms with Crippen molar-refractivity contribution in [1.82, 2.24) is 15.0 Å². The fourth-order valence-corrected chi connectivity index (χ4v) is 6.70. The van der Waals surface area contributed by atoms with E-state index in [0.717, 1.165) is 77.1 Å². The van der Waals surface area contributed by atoms with E-state index in [4.69, 9.17) is 29.5 Å². The molecule has 0 fully saturated rings. The maximum atomic E-state index is 6.28. The molecule has 6 heteroatoms. The number of benzene rings is 6. The minimum absolute atomic E-state index is 0.414. The van der Waals surface area contributed by atoms with E-state index in [1.807, 2.05) is 91.9 Å². The van der Waals surface area contributed by atoms with Gasteiger partial charge in [-0.25, -0.2) is 15.0 Å². The van der Waals surface area contributed by atoms with E-state index < -0.39 is 0 Å². The fourth-order valence-electron chi connectivity index (χ4n) is 6.70. The van der Waals surface area contributed by atoms with E-state index >= 15 is 0 Å². The molecule has 0 spiro atoms. The van der Waals surface area contributed by atoms with Gasteiger partial charge in [0.1, 0.15) is 16.7 Å². The van der Waals surface area contributed by atoms with Crippen LogP contribution in [0.25, 0.3) is 95.0 Å². The predicted octanol–water partition coefficient (Wildman–Crippen LogP) is 11.0. The first kappa shape index (κ1) is 27.8. The Hall–Kier alpha value is -6.53. The largest absolute Gasteiger partial charge is 0.456 e. The summed E-state index contributed by atoms with van der Waals surface area (Å²) in [5.74, 6) is 2.21. The molecule has 9 rings (SSSR count). The van der Waals surface area contributed by atoms with Crippen LogP contribution >= 0.6 is 0 Å². The molecule has 0 amide bonds. The highest BCUT2D eigenvalue weighted by Gasteiger charge is 2.19. The summed E-state index contributed by atoms with van der Waals surface area (Å²) in [6, 6.07) is 42.9. The summed E-state index contributed by atoms with van der Waals surface area (Å²) in [5.41, 5.74) is 14.4. The fraction of sp³-hybridized carbons (Fsp3) is 0.0238. The standard InChI is InChI=1S/C42H28N4O2/c1-2-11-32-37-29(16-9-21-36(37)48-39(32)43)27-22-23-28-26(24-27)14-8-17-30(28)41-44-40(25-12-4-3-5-13-25)45-42(46-41)33-18-10-20-35-38(33)31-15-6-7-19-34(31)47-35/h2-24H,43H2,1H3/b11-2-. The number of fused-ring (bicyclic) bond motifs is 5. The molecule has 48 heavy (non-hydrogen) atoms. The van der Waals surface area contributed by atoms with E-state index in [-0.39, 0.29) is 0 Å². The van der Waals surface area contributed by atoms with Gasteiger partial charge in [-0.05, 0) is 53.1 Å². The van der Waals surface area contributed by atoms with Gasteiger partial charge in [0.2, 0.25) is 0 Å². The van der Waals surface area contributed by atoms with E-state index in [9.17, 15) is 0 Å². The van der Waals surface area contributed by atoms with Gasteiger partial charge in [0.05, 0.1) is 0 Å². The van der Waals surface area contributed by atoms with Crippen LogP contribution in [-0.4, -0.2) is 15.0 Å². The second-order valence-electron chi connectivity index (χ2n) is 11.7. The lowest BCUT2D eigenvalue weighted by molar-refractivity contribution is 0.636. The second-order valence-corrected chi connectivity index (χ2v) is 11.7. The first-order chi connectivity index (χ1) is 23.7. The summed E-state index contributed by atoms with van der Waals surface area (Å²) in [4.78, 5) is 15.2. The summed E-state index contributed by atoms with van der Waals surface area (Å²) >= 11 is 0. The van der Waals surface area contributed by atoms with Crippen molar-refractivity contribution in [2.45, 2.75) is 6.92 Å². The molecule has 9 aromatic rings. The van der Waals surface area contributed by atoms with E-state index in [1.54, 1.807) is 0 Å². The van der Waals surface area contributed by atoms with Gasteiger partial charge in [0, 0.05) is 38.4 Å². The Labute approximate surface area is 275 Å². The van der Waals surface area contributed by atoms with E-state index in [1.165, 1.54) is 0 Å². The maximum absolute atomic E-state index is 6.28. The van der Waals surface area contributed by atoms with Crippen molar-refractivity contribution in [3.8, 4) is 45.3 Å². The third-order valence-electron chi connectivity index (χ3n) is 8.86. The number of nitrogens with zero attached hydrogens (tertiary/aromatic N) is 3. The average Bonchev–Trinajstić information content (AvgIpc) is 3.68. The third-order valence-corrected chi connectivity index (χ3v) is 8.86. The van der Waals surface area contributed by atoms with E-state index in [2.05, 4.69) is 54.6 Å². The zero-order chi connectivity index (χ0) is 32.2. The molecule has 0 aliphatic heterocycles. The van der Waals surface area contributed by atoms with Gasteiger partial charge >= 0.3 is 0 Å². The minimum Gasteiger partial charge on any atom is -0.456 e. The van der Waals surface area contributed by atoms with Crippen molar-refractivity contribution in [3.63, 3.8) is 0 Å². The van der Waals surface area contributed by atoms with Crippen LogP contribution in [0.3, 0.4) is 0 Å². The lowest BCUT2D eigenvalue weighted by Crippen LogP contribution is -2.00. The maximum Gasteiger partial charge on any atom is 0.198 e. The molecule has 228 valence electrons. The monoisotopic (exact) mass is 620 g/mol. The van der Waals surface area contributed by atoms with Gasteiger partial charge in [0.15, 0.2) is 23.4 Å². The third kappa shape index (κ3) is 4.46. The molecule has 0 radical (unpaired) electrons. The van der Waals surface area contributed by atoms with Gasteiger partial charge in [-0.2, -0.15) is 0 Å². The summed E-state index contributed by atoms with van der Waals surface area (Å²) in [5, 5.41) is 5.11. The Kier molecular flexibility index (Phi) is 6.40. The highest BCUT2D eigenvalue weighted by molar-refractivity contribution is 6.12. The summed E-state index contributed by atoms with van der Waals surface area (Å²) in [6.07, 6.45) is 3.98. The zero-order valence-corrected chi connectivity index (χ0v) is 26.0. The van der Waals surface area contributed by atoms with Crippen LogP contribution in [0.5, 0.6) is 0 Å². The molecule has 3 aromatic heterocycles. The average molecular weight is 621 g/mol. The van der Waals surface area contributed by atoms with Crippen molar-refractivity contribution in [2.24, 2.45) is 0 Å². The molecule has 0 unspecified atom stereocenters. The smallest absolute Gasteiger partial charge is 0.198 e. The number of allylic oxidation sites excluding steroid dienone is 1. The lowest BCUT2D eigenvalue weighted by Gasteiger charge is -2.12. The van der Waals surface area contributed by atoms with E-state index in [0.29, 0.717) is 23.4 Å². The minimum atomic E-state index is 0.414. The van der Waals surface area contributed by atoms with Gasteiger partial charge in [-0.15, -0.1) is 0 Å². The Balaban J connectivity index is 1.25. The number of para-hydroxylation sites is 1. The molecule has 0 aliphatic carbocycles. The summed E-state index contributed by atoms with van der Waals surface area (Å²) in [6.45, 7) is 1.98. The van der Waals surface area contributed by atoms with Crippen LogP contribution in [0.1, 0.15) is 12.5 Å². The molecule has 0 saturated carbocycles. The van der Waals surface area contributed by atoms with Crippen molar-refractivity contribution in [3.05, 3.63) is 139 Å². The number of furan rings is 2. The number of anilines is 1. The quantitative estimate of drug-likeness (QED) is 0.206. The molecule has 0 aliphatic rings. The molecule has 6 aromatic carbocycles. The SMILES string of the molecule is C/C=C\c1c(N)oc2cccc(-c3ccc4c(-c5nc(-c6ccccc6)nc(-c6cccc7oc8ccccc8c67)n5)cccc4c3)c12. The molecule has 0 saturated heterocycles. The highest BCUT2D eigenvalue weighted by atomic mass is 16.3. The molecular formula is C42H28N4O2. The van der Waals surface area contributed by atoms with Crippen LogP contribution in [0.4, 0.5) is 5.88 Å². The van der Waals surface area contributed by atoms with Crippen molar-refractivity contribution >= 4 is 55.6 Å². The van der Waals surface area contributed by atoms with Gasteiger partial charge in [-0.1, -0.05) is 115 Å². The predicted molar refractivity (Wildman–Crippen MR) is 195 cm³/mol. The van der Waals surface area contributed by atoms with Crippen LogP contribution in [0.15, 0.2) is 142 Å². The Bertz CT molecular complexity index is 2700. The number of hydrogen-bond donors (Lipinski definition) is 1. The number of nitrogens with two attached hydrogens (primary N) is 1. The first-order valence-electron chi connectivity index (χ1n) is 15.9. The van der Waals surface area contributed by atoms with Gasteiger partial charge in [-0.3, -0.25) is 0 Å². The van der Waals surface area contributed by atoms with Crippen molar-refractivity contribution in [2.75, 3.05) is 5.73 Å². The number of nitrogen functional groups attached to an aromatic ring is 1. The van der Waals surface area contributed by atoms with Gasteiger partial charge < -0.3 is 14.6 Å². The van der Waals surface area contributed by atoms with Crippen LogP contribution in [0.2, 0.25) is 0 Å². The normalized spacial score (nSPS) is 11.9. The van der Waals surface area contributed by atoms with Crippen LogP contribution < -0.4 is 5.73 Å². The summed E-state index contributed by atoms with van der Waals surface area (Å²) < 4.78 is 12.1. The van der Waals surface area contributed by atoms with Crippen LogP contribution in [0, 0.1) is 0 Å². The number of hydrogen-bond acceptors (Lipinski definition) is 6. The topological polar surface area (TPSA) is 91.0 Å². The number of aromatic nitrogens is 3. The Morgan fingerprint density at radius 3 is 2.02 bits per heavy atom. The van der Waals surface area contributed by atoms with Crippen molar-refractivity contribution in [1.29, 1.82) is 0 Å². The molecule has 6 nitrogen and oxygen atoms in total.